The highest BCUT2D eigenvalue weighted by atomic mass is 15.2. The molecule has 2 atom stereocenters. The number of hydrogen-bond donors (Lipinski definition) is 1. The maximum atomic E-state index is 5.93. The first-order chi connectivity index (χ1) is 7.84. The van der Waals surface area contributed by atoms with Gasteiger partial charge < -0.3 is 5.73 Å². The fourth-order valence-corrected chi connectivity index (χ4v) is 2.79. The summed E-state index contributed by atoms with van der Waals surface area (Å²) in [4.78, 5) is 6.81. The highest BCUT2D eigenvalue weighted by molar-refractivity contribution is 5.25. The molecule has 0 spiro atoms. The molecule has 0 unspecified atom stereocenters. The van der Waals surface area contributed by atoms with Crippen molar-refractivity contribution in [2.45, 2.75) is 37.3 Å². The third kappa shape index (κ3) is 1.97. The molecule has 3 rings (SSSR count). The van der Waals surface area contributed by atoms with Crippen LogP contribution in [0.3, 0.4) is 0 Å². The molecule has 1 aliphatic carbocycles. The normalized spacial score (nSPS) is 31.6. The number of piperidine rings is 1. The van der Waals surface area contributed by atoms with Gasteiger partial charge in [0, 0.05) is 30.4 Å². The van der Waals surface area contributed by atoms with Crippen LogP contribution < -0.4 is 5.73 Å². The van der Waals surface area contributed by atoms with Crippen molar-refractivity contribution >= 4 is 0 Å². The standard InChI is InChI=1S/C13H19N3/c14-11-3-6-16(7-4-11)13-8-12(13)10-2-1-5-15-9-10/h1-2,5,9,11-13H,3-4,6-8,14H2/t12-,13+/m0/s1. The molecule has 0 radical (unpaired) electrons. The molecule has 2 heterocycles. The molecule has 86 valence electrons. The summed E-state index contributed by atoms with van der Waals surface area (Å²) in [6.45, 7) is 2.37. The Morgan fingerprint density at radius 1 is 1.31 bits per heavy atom. The van der Waals surface area contributed by atoms with Crippen molar-refractivity contribution in [1.82, 2.24) is 9.88 Å². The lowest BCUT2D eigenvalue weighted by molar-refractivity contribution is 0.201. The van der Waals surface area contributed by atoms with E-state index in [9.17, 15) is 0 Å². The number of hydrogen-bond acceptors (Lipinski definition) is 3. The summed E-state index contributed by atoms with van der Waals surface area (Å²) >= 11 is 0. The van der Waals surface area contributed by atoms with Crippen molar-refractivity contribution in [3.63, 3.8) is 0 Å². The van der Waals surface area contributed by atoms with Gasteiger partial charge in [0.25, 0.3) is 0 Å². The zero-order valence-corrected chi connectivity index (χ0v) is 9.55. The van der Waals surface area contributed by atoms with E-state index in [1.165, 1.54) is 25.1 Å². The lowest BCUT2D eigenvalue weighted by atomic mass is 10.1. The first kappa shape index (κ1) is 10.2. The molecule has 2 fully saturated rings. The summed E-state index contributed by atoms with van der Waals surface area (Å²) in [5.41, 5.74) is 7.33. The molecule has 1 aliphatic heterocycles. The van der Waals surface area contributed by atoms with Crippen LogP contribution in [-0.2, 0) is 0 Å². The Morgan fingerprint density at radius 3 is 2.81 bits per heavy atom. The second-order valence-electron chi connectivity index (χ2n) is 5.07. The van der Waals surface area contributed by atoms with Crippen molar-refractivity contribution in [2.75, 3.05) is 13.1 Å². The number of likely N-dealkylation sites (tertiary alicyclic amines) is 1. The predicted octanol–water partition coefficient (Wildman–Crippen LogP) is 1.36. The Hall–Kier alpha value is -0.930. The van der Waals surface area contributed by atoms with Crippen LogP contribution in [0.5, 0.6) is 0 Å². The largest absolute Gasteiger partial charge is 0.328 e. The second kappa shape index (κ2) is 4.15. The first-order valence-corrected chi connectivity index (χ1v) is 6.24. The molecule has 3 nitrogen and oxygen atoms in total. The molecule has 1 aromatic heterocycles. The van der Waals surface area contributed by atoms with Gasteiger partial charge in [-0.15, -0.1) is 0 Å². The van der Waals surface area contributed by atoms with Gasteiger partial charge in [-0.1, -0.05) is 6.07 Å². The second-order valence-corrected chi connectivity index (χ2v) is 5.07. The van der Waals surface area contributed by atoms with Crippen LogP contribution in [0.1, 0.15) is 30.7 Å². The summed E-state index contributed by atoms with van der Waals surface area (Å²) in [5, 5.41) is 0. The lowest BCUT2D eigenvalue weighted by Crippen LogP contribution is -2.41. The average molecular weight is 217 g/mol. The fraction of sp³-hybridized carbons (Fsp3) is 0.615. The topological polar surface area (TPSA) is 42.1 Å². The van der Waals surface area contributed by atoms with Crippen molar-refractivity contribution < 1.29 is 0 Å². The minimum absolute atomic E-state index is 0.437. The van der Waals surface area contributed by atoms with Gasteiger partial charge in [0.05, 0.1) is 0 Å². The molecule has 0 amide bonds. The monoisotopic (exact) mass is 217 g/mol. The predicted molar refractivity (Wildman–Crippen MR) is 64.2 cm³/mol. The van der Waals surface area contributed by atoms with E-state index in [1.807, 2.05) is 18.5 Å². The van der Waals surface area contributed by atoms with E-state index < -0.39 is 0 Å². The SMILES string of the molecule is NC1CCN([C@@H]2C[C@H]2c2cccnc2)CC1. The highest BCUT2D eigenvalue weighted by Crippen LogP contribution is 2.44. The average Bonchev–Trinajstić information content (AvgIpc) is 3.11. The minimum atomic E-state index is 0.437. The minimum Gasteiger partial charge on any atom is -0.328 e. The molecule has 16 heavy (non-hydrogen) atoms. The van der Waals surface area contributed by atoms with Gasteiger partial charge in [-0.25, -0.2) is 0 Å². The summed E-state index contributed by atoms with van der Waals surface area (Å²) in [7, 11) is 0. The van der Waals surface area contributed by atoms with Crippen molar-refractivity contribution in [1.29, 1.82) is 0 Å². The van der Waals surface area contributed by atoms with Crippen LogP contribution in [0.4, 0.5) is 0 Å². The van der Waals surface area contributed by atoms with Gasteiger partial charge in [0.15, 0.2) is 0 Å². The third-order valence-corrected chi connectivity index (χ3v) is 3.91. The Balaban J connectivity index is 1.60. The zero-order chi connectivity index (χ0) is 11.0. The first-order valence-electron chi connectivity index (χ1n) is 6.24. The smallest absolute Gasteiger partial charge is 0.0303 e. The van der Waals surface area contributed by atoms with E-state index in [0.29, 0.717) is 6.04 Å². The van der Waals surface area contributed by atoms with Crippen LogP contribution in [0.2, 0.25) is 0 Å². The number of pyridine rings is 1. The summed E-state index contributed by atoms with van der Waals surface area (Å²) in [5.74, 6) is 0.725. The molecule has 1 saturated carbocycles. The van der Waals surface area contributed by atoms with E-state index in [2.05, 4.69) is 16.0 Å². The van der Waals surface area contributed by atoms with E-state index in [-0.39, 0.29) is 0 Å². The molecule has 0 aromatic carbocycles. The summed E-state index contributed by atoms with van der Waals surface area (Å²) in [6.07, 6.45) is 7.49. The number of aromatic nitrogens is 1. The molecule has 1 saturated heterocycles. The Kier molecular flexibility index (Phi) is 2.65. The molecule has 2 N–H and O–H groups in total. The lowest BCUT2D eigenvalue weighted by Gasteiger charge is -2.30. The van der Waals surface area contributed by atoms with Crippen LogP contribution in [-0.4, -0.2) is 35.1 Å². The van der Waals surface area contributed by atoms with E-state index >= 15 is 0 Å². The van der Waals surface area contributed by atoms with Crippen molar-refractivity contribution in [3.05, 3.63) is 30.1 Å². The summed E-state index contributed by atoms with van der Waals surface area (Å²) < 4.78 is 0. The number of rotatable bonds is 2. The Morgan fingerprint density at radius 2 is 2.12 bits per heavy atom. The Labute approximate surface area is 96.7 Å². The van der Waals surface area contributed by atoms with Crippen molar-refractivity contribution in [2.24, 2.45) is 5.73 Å². The van der Waals surface area contributed by atoms with Gasteiger partial charge in [-0.2, -0.15) is 0 Å². The summed E-state index contributed by atoms with van der Waals surface area (Å²) in [6, 6.07) is 5.44. The highest BCUT2D eigenvalue weighted by Gasteiger charge is 2.43. The van der Waals surface area contributed by atoms with E-state index in [4.69, 9.17) is 5.73 Å². The van der Waals surface area contributed by atoms with E-state index in [1.54, 1.807) is 0 Å². The maximum Gasteiger partial charge on any atom is 0.0303 e. The molecule has 1 aromatic rings. The van der Waals surface area contributed by atoms with Crippen LogP contribution >= 0.6 is 0 Å². The van der Waals surface area contributed by atoms with Gasteiger partial charge in [0.2, 0.25) is 0 Å². The van der Waals surface area contributed by atoms with Crippen molar-refractivity contribution in [3.8, 4) is 0 Å². The molecular formula is C13H19N3. The van der Waals surface area contributed by atoms with Crippen LogP contribution in [0, 0.1) is 0 Å². The van der Waals surface area contributed by atoms with Crippen LogP contribution in [0.15, 0.2) is 24.5 Å². The Bertz CT molecular complexity index is 343. The molecular weight excluding hydrogens is 198 g/mol. The number of nitrogens with zero attached hydrogens (tertiary/aromatic N) is 2. The number of nitrogens with two attached hydrogens (primary N) is 1. The van der Waals surface area contributed by atoms with Gasteiger partial charge in [-0.05, 0) is 44.0 Å². The van der Waals surface area contributed by atoms with Crippen LogP contribution in [0.25, 0.3) is 0 Å². The third-order valence-electron chi connectivity index (χ3n) is 3.91. The molecule has 0 bridgehead atoms. The van der Waals surface area contributed by atoms with Gasteiger partial charge in [0.1, 0.15) is 0 Å². The fourth-order valence-electron chi connectivity index (χ4n) is 2.79. The zero-order valence-electron chi connectivity index (χ0n) is 9.55. The van der Waals surface area contributed by atoms with Gasteiger partial charge in [-0.3, -0.25) is 9.88 Å². The van der Waals surface area contributed by atoms with E-state index in [0.717, 1.165) is 24.8 Å². The van der Waals surface area contributed by atoms with Gasteiger partial charge >= 0.3 is 0 Å². The quantitative estimate of drug-likeness (QED) is 0.813. The maximum absolute atomic E-state index is 5.93. The molecule has 3 heteroatoms. The molecule has 2 aliphatic rings.